The Morgan fingerprint density at radius 1 is 1.42 bits per heavy atom. The molecule has 0 unspecified atom stereocenters. The van der Waals surface area contributed by atoms with Gasteiger partial charge in [0.2, 0.25) is 5.95 Å². The van der Waals surface area contributed by atoms with Crippen molar-refractivity contribution in [1.82, 2.24) is 19.7 Å². The van der Waals surface area contributed by atoms with Gasteiger partial charge in [-0.25, -0.2) is 9.67 Å². The third-order valence-electron chi connectivity index (χ3n) is 2.60. The Balaban J connectivity index is 2.25. The second-order valence-corrected chi connectivity index (χ2v) is 6.23. The van der Waals surface area contributed by atoms with E-state index in [1.807, 2.05) is 13.1 Å². The van der Waals surface area contributed by atoms with Crippen molar-refractivity contribution in [2.24, 2.45) is 0 Å². The van der Waals surface area contributed by atoms with Gasteiger partial charge in [-0.3, -0.25) is 0 Å². The summed E-state index contributed by atoms with van der Waals surface area (Å²) in [6.07, 6.45) is 3.64. The lowest BCUT2D eigenvalue weighted by Crippen LogP contribution is -2.06. The fourth-order valence-corrected chi connectivity index (χ4v) is 3.01. The monoisotopic (exact) mass is 337 g/mol. The van der Waals surface area contributed by atoms with Gasteiger partial charge in [0, 0.05) is 17.6 Å². The fraction of sp³-hybridized carbons (Fsp3) is 0.250. The van der Waals surface area contributed by atoms with E-state index < -0.39 is 0 Å². The molecule has 0 fully saturated rings. The van der Waals surface area contributed by atoms with Crippen molar-refractivity contribution >= 4 is 43.4 Å². The number of hydrogen-bond acceptors (Lipinski definition) is 5. The van der Waals surface area contributed by atoms with E-state index in [9.17, 15) is 0 Å². The van der Waals surface area contributed by atoms with Gasteiger partial charge in [0.15, 0.2) is 5.82 Å². The molecule has 5 nitrogen and oxygen atoms in total. The first-order valence-electron chi connectivity index (χ1n) is 5.90. The van der Waals surface area contributed by atoms with Crippen molar-refractivity contribution in [3.8, 4) is 5.82 Å². The third kappa shape index (κ3) is 2.35. The van der Waals surface area contributed by atoms with Crippen LogP contribution in [0.4, 0.5) is 5.95 Å². The highest BCUT2D eigenvalue weighted by Gasteiger charge is 2.12. The van der Waals surface area contributed by atoms with Crippen molar-refractivity contribution in [1.29, 1.82) is 0 Å². The van der Waals surface area contributed by atoms with Gasteiger partial charge in [-0.15, -0.1) is 11.3 Å². The molecule has 3 heterocycles. The maximum Gasteiger partial charge on any atom is 0.226 e. The van der Waals surface area contributed by atoms with E-state index >= 15 is 0 Å². The summed E-state index contributed by atoms with van der Waals surface area (Å²) >= 11 is 5.07. The Morgan fingerprint density at radius 2 is 2.26 bits per heavy atom. The van der Waals surface area contributed by atoms with Crippen LogP contribution in [0.15, 0.2) is 22.9 Å². The Hall–Kier alpha value is -1.47. The molecule has 98 valence electrons. The Labute approximate surface area is 122 Å². The number of rotatable bonds is 3. The zero-order valence-corrected chi connectivity index (χ0v) is 12.9. The number of nitrogens with one attached hydrogen (secondary N) is 1. The minimum absolute atomic E-state index is 0.637. The Kier molecular flexibility index (Phi) is 3.24. The number of halogens is 1. The number of anilines is 1. The summed E-state index contributed by atoms with van der Waals surface area (Å²) in [4.78, 5) is 11.3. The number of hydrogen-bond donors (Lipinski definition) is 1. The summed E-state index contributed by atoms with van der Waals surface area (Å²) in [5.41, 5.74) is 0. The molecular weight excluding hydrogens is 326 g/mol. The molecule has 0 aliphatic rings. The van der Waals surface area contributed by atoms with Crippen LogP contribution >= 0.6 is 27.3 Å². The quantitative estimate of drug-likeness (QED) is 0.795. The number of aromatic nitrogens is 4. The van der Waals surface area contributed by atoms with Gasteiger partial charge < -0.3 is 5.32 Å². The van der Waals surface area contributed by atoms with Crippen LogP contribution in [-0.4, -0.2) is 26.3 Å². The van der Waals surface area contributed by atoms with Gasteiger partial charge in [-0.1, -0.05) is 0 Å². The molecule has 0 amide bonds. The molecule has 0 saturated heterocycles. The van der Waals surface area contributed by atoms with Crippen molar-refractivity contribution in [3.63, 3.8) is 0 Å². The normalized spacial score (nSPS) is 11.1. The molecule has 0 atom stereocenters. The summed E-state index contributed by atoms with van der Waals surface area (Å²) in [5.74, 6) is 1.44. The Morgan fingerprint density at radius 3 is 2.95 bits per heavy atom. The van der Waals surface area contributed by atoms with Gasteiger partial charge in [-0.2, -0.15) is 10.1 Å². The molecule has 3 aromatic rings. The highest BCUT2D eigenvalue weighted by Crippen LogP contribution is 2.28. The van der Waals surface area contributed by atoms with E-state index in [1.54, 1.807) is 22.2 Å². The minimum atomic E-state index is 0.637. The average Bonchev–Trinajstić information content (AvgIpc) is 2.93. The maximum absolute atomic E-state index is 4.55. The van der Waals surface area contributed by atoms with E-state index in [0.29, 0.717) is 5.95 Å². The van der Waals surface area contributed by atoms with Crippen molar-refractivity contribution in [2.45, 2.75) is 13.8 Å². The molecule has 0 aliphatic heterocycles. The van der Waals surface area contributed by atoms with Crippen molar-refractivity contribution in [3.05, 3.63) is 27.8 Å². The molecule has 0 bridgehead atoms. The Bertz CT molecular complexity index is 733. The highest BCUT2D eigenvalue weighted by atomic mass is 79.9. The zero-order chi connectivity index (χ0) is 13.4. The second-order valence-electron chi connectivity index (χ2n) is 4.08. The number of fused-ring (bicyclic) bond motifs is 1. The fourth-order valence-electron chi connectivity index (χ4n) is 1.86. The molecule has 3 aromatic heterocycles. The summed E-state index contributed by atoms with van der Waals surface area (Å²) in [5, 5.41) is 8.49. The molecule has 0 saturated carbocycles. The molecule has 3 rings (SSSR count). The van der Waals surface area contributed by atoms with Crippen LogP contribution in [0.25, 0.3) is 16.0 Å². The first-order valence-corrected chi connectivity index (χ1v) is 7.51. The standard InChI is InChI=1S/C12H12BrN5S/c1-3-14-12-16-10(18-6-8(13)5-15-18)9-4-7(2)19-11(9)17-12/h4-6H,3H2,1-2H3,(H,14,16,17). The first-order chi connectivity index (χ1) is 9.17. The van der Waals surface area contributed by atoms with E-state index in [-0.39, 0.29) is 0 Å². The van der Waals surface area contributed by atoms with Crippen molar-refractivity contribution < 1.29 is 0 Å². The molecule has 7 heteroatoms. The summed E-state index contributed by atoms with van der Waals surface area (Å²) in [6, 6.07) is 2.10. The summed E-state index contributed by atoms with van der Waals surface area (Å²) < 4.78 is 2.69. The van der Waals surface area contributed by atoms with Crippen LogP contribution in [0.2, 0.25) is 0 Å². The SMILES string of the molecule is CCNc1nc(-n2cc(Br)cn2)c2cc(C)sc2n1. The van der Waals surface area contributed by atoms with Crippen LogP contribution in [0.5, 0.6) is 0 Å². The van der Waals surface area contributed by atoms with Gasteiger partial charge in [0.25, 0.3) is 0 Å². The molecule has 1 N–H and O–H groups in total. The maximum atomic E-state index is 4.55. The van der Waals surface area contributed by atoms with Crippen LogP contribution in [0.3, 0.4) is 0 Å². The van der Waals surface area contributed by atoms with Crippen molar-refractivity contribution in [2.75, 3.05) is 11.9 Å². The van der Waals surface area contributed by atoms with Crippen LogP contribution < -0.4 is 5.32 Å². The highest BCUT2D eigenvalue weighted by molar-refractivity contribution is 9.10. The summed E-state index contributed by atoms with van der Waals surface area (Å²) in [6.45, 7) is 4.89. The summed E-state index contributed by atoms with van der Waals surface area (Å²) in [7, 11) is 0. The number of aryl methyl sites for hydroxylation is 1. The number of nitrogens with zero attached hydrogens (tertiary/aromatic N) is 4. The van der Waals surface area contributed by atoms with E-state index in [1.165, 1.54) is 4.88 Å². The van der Waals surface area contributed by atoms with E-state index in [2.05, 4.69) is 49.3 Å². The molecule has 0 spiro atoms. The lowest BCUT2D eigenvalue weighted by molar-refractivity contribution is 0.851. The predicted molar refractivity (Wildman–Crippen MR) is 81.1 cm³/mol. The topological polar surface area (TPSA) is 55.6 Å². The van der Waals surface area contributed by atoms with Gasteiger partial charge in [0.05, 0.1) is 16.1 Å². The molecule has 0 aliphatic carbocycles. The van der Waals surface area contributed by atoms with Crippen LogP contribution in [0.1, 0.15) is 11.8 Å². The zero-order valence-electron chi connectivity index (χ0n) is 10.5. The smallest absolute Gasteiger partial charge is 0.226 e. The van der Waals surface area contributed by atoms with Crippen LogP contribution in [0, 0.1) is 6.92 Å². The largest absolute Gasteiger partial charge is 0.354 e. The lowest BCUT2D eigenvalue weighted by atomic mass is 10.3. The van der Waals surface area contributed by atoms with E-state index in [4.69, 9.17) is 0 Å². The third-order valence-corrected chi connectivity index (χ3v) is 3.95. The minimum Gasteiger partial charge on any atom is -0.354 e. The average molecular weight is 338 g/mol. The lowest BCUT2D eigenvalue weighted by Gasteiger charge is -2.06. The van der Waals surface area contributed by atoms with Crippen LogP contribution in [-0.2, 0) is 0 Å². The number of thiophene rings is 1. The van der Waals surface area contributed by atoms with E-state index in [0.717, 1.165) is 27.1 Å². The molecule has 19 heavy (non-hydrogen) atoms. The van der Waals surface area contributed by atoms with Gasteiger partial charge >= 0.3 is 0 Å². The van der Waals surface area contributed by atoms with Gasteiger partial charge in [-0.05, 0) is 35.8 Å². The molecule has 0 radical (unpaired) electrons. The second kappa shape index (κ2) is 4.90. The van der Waals surface area contributed by atoms with Gasteiger partial charge in [0.1, 0.15) is 4.83 Å². The molecular formula is C12H12BrN5S. The predicted octanol–water partition coefficient (Wildman–Crippen LogP) is 3.38. The molecule has 0 aromatic carbocycles. The first kappa shape index (κ1) is 12.6.